The third-order valence-electron chi connectivity index (χ3n) is 4.11. The lowest BCUT2D eigenvalue weighted by atomic mass is 10.1. The Morgan fingerprint density at radius 3 is 2.27 bits per heavy atom. The van der Waals surface area contributed by atoms with Gasteiger partial charge >= 0.3 is 0 Å². The molecule has 0 unspecified atom stereocenters. The fourth-order valence-corrected chi connectivity index (χ4v) is 2.80. The summed E-state index contributed by atoms with van der Waals surface area (Å²) in [5.41, 5.74) is 5.10. The molecule has 152 valence electrons. The van der Waals surface area contributed by atoms with Crippen molar-refractivity contribution in [3.05, 3.63) is 104 Å². The van der Waals surface area contributed by atoms with E-state index in [0.29, 0.717) is 12.4 Å². The number of rotatable bonds is 8. The van der Waals surface area contributed by atoms with E-state index in [4.69, 9.17) is 4.74 Å². The molecule has 0 bridgehead atoms. The Balaban J connectivity index is 1.46. The minimum atomic E-state index is -0.436. The number of hydrogen-bond donors (Lipinski definition) is 1. The van der Waals surface area contributed by atoms with E-state index in [1.54, 1.807) is 30.5 Å². The maximum Gasteiger partial charge on any atom is 0.269 e. The molecule has 0 fully saturated rings. The van der Waals surface area contributed by atoms with Gasteiger partial charge in [0.05, 0.1) is 17.6 Å². The van der Waals surface area contributed by atoms with Crippen molar-refractivity contribution >= 4 is 33.7 Å². The topological polar surface area (TPSA) is 93.8 Å². The number of nitrogens with zero attached hydrogens (tertiary/aromatic N) is 2. The van der Waals surface area contributed by atoms with Crippen LogP contribution in [0.1, 0.15) is 16.7 Å². The van der Waals surface area contributed by atoms with Gasteiger partial charge in [-0.15, -0.1) is 0 Å². The predicted octanol–water partition coefficient (Wildman–Crippen LogP) is 4.63. The van der Waals surface area contributed by atoms with Crippen LogP contribution in [0.4, 0.5) is 5.69 Å². The number of hydrogen-bond acceptors (Lipinski definition) is 5. The van der Waals surface area contributed by atoms with Crippen LogP contribution in [0, 0.1) is 10.1 Å². The molecule has 0 heterocycles. The van der Waals surface area contributed by atoms with Gasteiger partial charge in [0, 0.05) is 16.6 Å². The number of non-ortho nitro benzene ring substituents is 1. The molecule has 0 aromatic heterocycles. The van der Waals surface area contributed by atoms with Gasteiger partial charge in [-0.05, 0) is 65.2 Å². The third kappa shape index (κ3) is 6.52. The molecule has 3 aromatic rings. The Morgan fingerprint density at radius 2 is 1.63 bits per heavy atom. The molecule has 8 heteroatoms. The quantitative estimate of drug-likeness (QED) is 0.296. The zero-order chi connectivity index (χ0) is 21.3. The summed E-state index contributed by atoms with van der Waals surface area (Å²) in [6.07, 6.45) is 1.81. The molecule has 1 amide bonds. The highest BCUT2D eigenvalue weighted by Gasteiger charge is 2.04. The van der Waals surface area contributed by atoms with Gasteiger partial charge in [0.1, 0.15) is 12.4 Å². The van der Waals surface area contributed by atoms with Crippen LogP contribution in [0.5, 0.6) is 5.75 Å². The molecule has 3 rings (SSSR count). The van der Waals surface area contributed by atoms with Gasteiger partial charge in [0.25, 0.3) is 5.69 Å². The zero-order valence-electron chi connectivity index (χ0n) is 15.8. The van der Waals surface area contributed by atoms with Gasteiger partial charge in [-0.3, -0.25) is 14.9 Å². The van der Waals surface area contributed by atoms with Crippen LogP contribution in [-0.2, 0) is 17.8 Å². The smallest absolute Gasteiger partial charge is 0.269 e. The zero-order valence-corrected chi connectivity index (χ0v) is 17.4. The summed E-state index contributed by atoms with van der Waals surface area (Å²) in [4.78, 5) is 22.2. The SMILES string of the molecule is O=C(Cc1ccc(Br)cc1)N/N=C/c1ccc(OCc2ccc([N+](=O)[O-])cc2)cc1. The number of carbonyl (C=O) groups is 1. The Bertz CT molecular complexity index is 1030. The second-order valence-corrected chi connectivity index (χ2v) is 7.29. The van der Waals surface area contributed by atoms with E-state index in [-0.39, 0.29) is 18.0 Å². The van der Waals surface area contributed by atoms with Crippen molar-refractivity contribution in [2.75, 3.05) is 0 Å². The summed E-state index contributed by atoms with van der Waals surface area (Å²) in [6.45, 7) is 0.303. The molecule has 0 radical (unpaired) electrons. The first-order valence-electron chi connectivity index (χ1n) is 9.02. The van der Waals surface area contributed by atoms with Crippen molar-refractivity contribution in [2.45, 2.75) is 13.0 Å². The summed E-state index contributed by atoms with van der Waals surface area (Å²) >= 11 is 3.36. The Labute approximate surface area is 181 Å². The first kappa shape index (κ1) is 21.2. The Kier molecular flexibility index (Phi) is 7.29. The number of nitro benzene ring substituents is 1. The molecule has 30 heavy (non-hydrogen) atoms. The number of hydrazone groups is 1. The lowest BCUT2D eigenvalue weighted by Gasteiger charge is -2.06. The van der Waals surface area contributed by atoms with Crippen LogP contribution < -0.4 is 10.2 Å². The number of benzene rings is 3. The van der Waals surface area contributed by atoms with Crippen LogP contribution in [0.15, 0.2) is 82.4 Å². The molecule has 0 aliphatic rings. The molecular weight excluding hydrogens is 450 g/mol. The molecule has 3 aromatic carbocycles. The van der Waals surface area contributed by atoms with Crippen molar-refractivity contribution in [2.24, 2.45) is 5.10 Å². The Morgan fingerprint density at radius 1 is 1.00 bits per heavy atom. The molecule has 0 saturated heterocycles. The van der Waals surface area contributed by atoms with Crippen LogP contribution >= 0.6 is 15.9 Å². The monoisotopic (exact) mass is 467 g/mol. The fraction of sp³-hybridized carbons (Fsp3) is 0.0909. The van der Waals surface area contributed by atoms with E-state index in [1.165, 1.54) is 12.1 Å². The van der Waals surface area contributed by atoms with Gasteiger partial charge in [-0.1, -0.05) is 28.1 Å². The van der Waals surface area contributed by atoms with Crippen LogP contribution in [-0.4, -0.2) is 17.0 Å². The maximum absolute atomic E-state index is 11.9. The molecule has 1 N–H and O–H groups in total. The van der Waals surface area contributed by atoms with E-state index in [0.717, 1.165) is 21.2 Å². The summed E-state index contributed by atoms with van der Waals surface area (Å²) < 4.78 is 6.64. The number of ether oxygens (including phenoxy) is 1. The van der Waals surface area contributed by atoms with Gasteiger partial charge in [0.15, 0.2) is 0 Å². The molecular formula is C22H18BrN3O4. The molecule has 7 nitrogen and oxygen atoms in total. The number of carbonyl (C=O) groups excluding carboxylic acids is 1. The highest BCUT2D eigenvalue weighted by Crippen LogP contribution is 2.16. The standard InChI is InChI=1S/C22H18BrN3O4/c23-19-7-1-16(2-8-19)13-22(27)25-24-14-17-5-11-21(12-6-17)30-15-18-3-9-20(10-4-18)26(28)29/h1-12,14H,13,15H2,(H,25,27)/b24-14+. The van der Waals surface area contributed by atoms with Crippen LogP contribution in [0.2, 0.25) is 0 Å². The highest BCUT2D eigenvalue weighted by atomic mass is 79.9. The molecule has 0 saturated carbocycles. The lowest BCUT2D eigenvalue weighted by Crippen LogP contribution is -2.19. The average molecular weight is 468 g/mol. The van der Waals surface area contributed by atoms with Crippen molar-refractivity contribution in [3.63, 3.8) is 0 Å². The van der Waals surface area contributed by atoms with Gasteiger partial charge in [0.2, 0.25) is 5.91 Å². The summed E-state index contributed by atoms with van der Waals surface area (Å²) in [5, 5.41) is 14.6. The molecule has 0 spiro atoms. The van der Waals surface area contributed by atoms with Crippen LogP contribution in [0.3, 0.4) is 0 Å². The molecule has 0 aliphatic heterocycles. The third-order valence-corrected chi connectivity index (χ3v) is 4.64. The largest absolute Gasteiger partial charge is 0.489 e. The predicted molar refractivity (Wildman–Crippen MR) is 117 cm³/mol. The van der Waals surface area contributed by atoms with E-state index in [1.807, 2.05) is 36.4 Å². The van der Waals surface area contributed by atoms with Crippen molar-refractivity contribution in [1.82, 2.24) is 5.43 Å². The summed E-state index contributed by atoms with van der Waals surface area (Å²) in [5.74, 6) is 0.460. The number of halogens is 1. The number of nitro groups is 1. The van der Waals surface area contributed by atoms with E-state index in [2.05, 4.69) is 26.5 Å². The number of amides is 1. The fourth-order valence-electron chi connectivity index (χ4n) is 2.54. The van der Waals surface area contributed by atoms with Crippen LogP contribution in [0.25, 0.3) is 0 Å². The van der Waals surface area contributed by atoms with Crippen molar-refractivity contribution in [1.29, 1.82) is 0 Å². The minimum absolute atomic E-state index is 0.0475. The van der Waals surface area contributed by atoms with Crippen molar-refractivity contribution < 1.29 is 14.5 Å². The molecule has 0 atom stereocenters. The minimum Gasteiger partial charge on any atom is -0.489 e. The van der Waals surface area contributed by atoms with Gasteiger partial charge < -0.3 is 4.74 Å². The van der Waals surface area contributed by atoms with E-state index in [9.17, 15) is 14.9 Å². The van der Waals surface area contributed by atoms with Crippen molar-refractivity contribution in [3.8, 4) is 5.75 Å². The second-order valence-electron chi connectivity index (χ2n) is 6.38. The van der Waals surface area contributed by atoms with E-state index >= 15 is 0 Å². The summed E-state index contributed by atoms with van der Waals surface area (Å²) in [7, 11) is 0. The average Bonchev–Trinajstić information content (AvgIpc) is 2.75. The Hall–Kier alpha value is -3.52. The maximum atomic E-state index is 11.9. The van der Waals surface area contributed by atoms with E-state index < -0.39 is 4.92 Å². The number of nitrogens with one attached hydrogen (secondary N) is 1. The summed E-state index contributed by atoms with van der Waals surface area (Å²) in [6, 6.07) is 21.0. The second kappa shape index (κ2) is 10.3. The first-order valence-corrected chi connectivity index (χ1v) is 9.81. The lowest BCUT2D eigenvalue weighted by molar-refractivity contribution is -0.384. The van der Waals surface area contributed by atoms with Gasteiger partial charge in [-0.2, -0.15) is 5.10 Å². The highest BCUT2D eigenvalue weighted by molar-refractivity contribution is 9.10. The normalized spacial score (nSPS) is 10.7. The first-order chi connectivity index (χ1) is 14.5. The van der Waals surface area contributed by atoms with Gasteiger partial charge in [-0.25, -0.2) is 5.43 Å². The molecule has 0 aliphatic carbocycles.